The summed E-state index contributed by atoms with van der Waals surface area (Å²) in [6, 6.07) is 3.06. The zero-order valence-electron chi connectivity index (χ0n) is 8.17. The van der Waals surface area contributed by atoms with Gasteiger partial charge in [0.2, 0.25) is 5.56 Å². The average molecular weight is 191 g/mol. The highest BCUT2D eigenvalue weighted by Gasteiger charge is 2.24. The van der Waals surface area contributed by atoms with Crippen molar-refractivity contribution in [3.63, 3.8) is 0 Å². The molecule has 3 heteroatoms. The third-order valence-corrected chi connectivity index (χ3v) is 2.85. The lowest BCUT2D eigenvalue weighted by Gasteiger charge is -2.21. The summed E-state index contributed by atoms with van der Waals surface area (Å²) in [4.78, 5) is 25.5. The molecule has 1 unspecified atom stereocenters. The number of rotatable bonds is 1. The molecular weight excluding hydrogens is 178 g/mol. The van der Waals surface area contributed by atoms with Gasteiger partial charge < -0.3 is 4.98 Å². The maximum absolute atomic E-state index is 11.6. The lowest BCUT2D eigenvalue weighted by Crippen LogP contribution is -2.23. The highest BCUT2D eigenvalue weighted by atomic mass is 16.1. The fraction of sp³-hybridized carbons (Fsp3) is 0.455. The van der Waals surface area contributed by atoms with Gasteiger partial charge in [0.05, 0.1) is 0 Å². The molecule has 0 aliphatic heterocycles. The molecule has 1 aromatic heterocycles. The van der Waals surface area contributed by atoms with E-state index < -0.39 is 0 Å². The first-order valence-electron chi connectivity index (χ1n) is 4.96. The van der Waals surface area contributed by atoms with Crippen molar-refractivity contribution >= 4 is 5.78 Å². The number of ketones is 1. The molecule has 0 saturated heterocycles. The molecule has 1 aromatic rings. The monoisotopic (exact) mass is 191 g/mol. The van der Waals surface area contributed by atoms with E-state index in [-0.39, 0.29) is 11.3 Å². The minimum absolute atomic E-state index is 0.117. The van der Waals surface area contributed by atoms with Crippen LogP contribution in [0.1, 0.15) is 35.8 Å². The number of hydrogen-bond acceptors (Lipinski definition) is 2. The summed E-state index contributed by atoms with van der Waals surface area (Å²) >= 11 is 0. The smallest absolute Gasteiger partial charge is 0.248 e. The Morgan fingerprint density at radius 3 is 2.86 bits per heavy atom. The average Bonchev–Trinajstić information content (AvgIpc) is 2.16. The van der Waals surface area contributed by atoms with Crippen LogP contribution in [0.2, 0.25) is 0 Å². The second kappa shape index (κ2) is 3.40. The molecule has 0 aromatic carbocycles. The number of aromatic amines is 1. The third kappa shape index (κ3) is 1.50. The summed E-state index contributed by atoms with van der Waals surface area (Å²) in [5.74, 6) is 0.558. The Labute approximate surface area is 82.2 Å². The second-order valence-corrected chi connectivity index (χ2v) is 3.82. The van der Waals surface area contributed by atoms with Crippen LogP contribution in [-0.2, 0) is 6.42 Å². The second-order valence-electron chi connectivity index (χ2n) is 3.82. The van der Waals surface area contributed by atoms with E-state index in [2.05, 4.69) is 11.9 Å². The largest absolute Gasteiger partial charge is 0.325 e. The van der Waals surface area contributed by atoms with Crippen LogP contribution in [0.3, 0.4) is 0 Å². The fourth-order valence-electron chi connectivity index (χ4n) is 1.96. The molecule has 14 heavy (non-hydrogen) atoms. The number of carbonyl (C=O) groups excluding carboxylic acids is 1. The molecule has 3 nitrogen and oxygen atoms in total. The molecule has 1 aliphatic rings. The first kappa shape index (κ1) is 9.19. The number of aromatic nitrogens is 1. The van der Waals surface area contributed by atoms with Crippen LogP contribution in [0.4, 0.5) is 0 Å². The summed E-state index contributed by atoms with van der Waals surface area (Å²) < 4.78 is 0. The molecule has 1 N–H and O–H groups in total. The molecule has 1 atom stereocenters. The standard InChI is InChI=1S/C11H13NO2/c1-2-7-5-9-8(10(13)6-7)3-4-11(14)12-9/h3-4,7H,2,5-6H2,1H3,(H,12,14). The first-order valence-corrected chi connectivity index (χ1v) is 4.96. The number of fused-ring (bicyclic) bond motifs is 1. The van der Waals surface area contributed by atoms with E-state index in [4.69, 9.17) is 0 Å². The number of pyridine rings is 1. The van der Waals surface area contributed by atoms with Gasteiger partial charge in [-0.05, 0) is 18.4 Å². The van der Waals surface area contributed by atoms with Crippen molar-refractivity contribution in [2.75, 3.05) is 0 Å². The summed E-state index contributed by atoms with van der Waals surface area (Å²) in [5.41, 5.74) is 1.41. The van der Waals surface area contributed by atoms with Gasteiger partial charge in [0.1, 0.15) is 0 Å². The zero-order chi connectivity index (χ0) is 10.1. The normalized spacial score (nSPS) is 20.6. The van der Waals surface area contributed by atoms with E-state index in [1.807, 2.05) is 0 Å². The van der Waals surface area contributed by atoms with Crippen molar-refractivity contribution in [1.29, 1.82) is 0 Å². The summed E-state index contributed by atoms with van der Waals surface area (Å²) in [6.07, 6.45) is 2.44. The molecule has 1 heterocycles. The van der Waals surface area contributed by atoms with Gasteiger partial charge in [-0.2, -0.15) is 0 Å². The van der Waals surface area contributed by atoms with Crippen LogP contribution < -0.4 is 5.56 Å². The molecule has 0 radical (unpaired) electrons. The van der Waals surface area contributed by atoms with Gasteiger partial charge in [-0.25, -0.2) is 0 Å². The van der Waals surface area contributed by atoms with Crippen molar-refractivity contribution < 1.29 is 4.79 Å². The Kier molecular flexibility index (Phi) is 2.23. The zero-order valence-corrected chi connectivity index (χ0v) is 8.17. The van der Waals surface area contributed by atoms with Gasteiger partial charge in [-0.3, -0.25) is 9.59 Å². The van der Waals surface area contributed by atoms with Crippen molar-refractivity contribution in [1.82, 2.24) is 4.98 Å². The lowest BCUT2D eigenvalue weighted by molar-refractivity contribution is 0.0946. The van der Waals surface area contributed by atoms with E-state index in [0.717, 1.165) is 18.5 Å². The molecule has 0 spiro atoms. The predicted octanol–water partition coefficient (Wildman–Crippen LogP) is 1.53. The Hall–Kier alpha value is -1.38. The quantitative estimate of drug-likeness (QED) is 0.731. The number of Topliss-reactive ketones (excluding diaryl/α,β-unsaturated/α-hetero) is 1. The van der Waals surface area contributed by atoms with E-state index in [0.29, 0.717) is 17.9 Å². The van der Waals surface area contributed by atoms with Crippen molar-refractivity contribution in [3.05, 3.63) is 33.7 Å². The molecule has 0 fully saturated rings. The van der Waals surface area contributed by atoms with Crippen LogP contribution in [0.15, 0.2) is 16.9 Å². The minimum Gasteiger partial charge on any atom is -0.325 e. The highest BCUT2D eigenvalue weighted by Crippen LogP contribution is 2.24. The maximum Gasteiger partial charge on any atom is 0.248 e. The highest BCUT2D eigenvalue weighted by molar-refractivity contribution is 5.98. The molecule has 74 valence electrons. The molecule has 2 rings (SSSR count). The van der Waals surface area contributed by atoms with Crippen LogP contribution in [0.25, 0.3) is 0 Å². The van der Waals surface area contributed by atoms with E-state index in [1.165, 1.54) is 6.07 Å². The number of carbonyl (C=O) groups is 1. The SMILES string of the molecule is CCC1CC(=O)c2ccc(=O)[nH]c2C1. The van der Waals surface area contributed by atoms with Crippen molar-refractivity contribution in [2.45, 2.75) is 26.2 Å². The maximum atomic E-state index is 11.6. The third-order valence-electron chi connectivity index (χ3n) is 2.85. The summed E-state index contributed by atoms with van der Waals surface area (Å²) in [6.45, 7) is 2.07. The van der Waals surface area contributed by atoms with Crippen LogP contribution in [0.5, 0.6) is 0 Å². The minimum atomic E-state index is -0.117. The summed E-state index contributed by atoms with van der Waals surface area (Å²) in [7, 11) is 0. The lowest BCUT2D eigenvalue weighted by atomic mass is 9.84. The molecule has 0 amide bonds. The topological polar surface area (TPSA) is 49.9 Å². The Morgan fingerprint density at radius 1 is 1.36 bits per heavy atom. The molecule has 0 saturated carbocycles. The van der Waals surface area contributed by atoms with Crippen LogP contribution in [0, 0.1) is 5.92 Å². The van der Waals surface area contributed by atoms with Crippen molar-refractivity contribution in [3.8, 4) is 0 Å². The van der Waals surface area contributed by atoms with Gasteiger partial charge in [-0.1, -0.05) is 13.3 Å². The van der Waals surface area contributed by atoms with Crippen LogP contribution >= 0.6 is 0 Å². The van der Waals surface area contributed by atoms with E-state index >= 15 is 0 Å². The predicted molar refractivity (Wildman–Crippen MR) is 53.5 cm³/mol. The van der Waals surface area contributed by atoms with Crippen molar-refractivity contribution in [2.24, 2.45) is 5.92 Å². The Bertz CT molecular complexity index is 420. The molecular formula is C11H13NO2. The molecule has 0 bridgehead atoms. The van der Waals surface area contributed by atoms with E-state index in [9.17, 15) is 9.59 Å². The number of hydrogen-bond donors (Lipinski definition) is 1. The van der Waals surface area contributed by atoms with Gasteiger partial charge in [0, 0.05) is 23.7 Å². The van der Waals surface area contributed by atoms with E-state index in [1.54, 1.807) is 6.07 Å². The first-order chi connectivity index (χ1) is 6.70. The van der Waals surface area contributed by atoms with Crippen LogP contribution in [-0.4, -0.2) is 10.8 Å². The van der Waals surface area contributed by atoms with Gasteiger partial charge in [0.15, 0.2) is 5.78 Å². The number of nitrogens with one attached hydrogen (secondary N) is 1. The Morgan fingerprint density at radius 2 is 2.14 bits per heavy atom. The number of H-pyrrole nitrogens is 1. The van der Waals surface area contributed by atoms with Gasteiger partial charge in [-0.15, -0.1) is 0 Å². The van der Waals surface area contributed by atoms with Gasteiger partial charge >= 0.3 is 0 Å². The van der Waals surface area contributed by atoms with Gasteiger partial charge in [0.25, 0.3) is 0 Å². The fourth-order valence-corrected chi connectivity index (χ4v) is 1.96. The summed E-state index contributed by atoms with van der Waals surface area (Å²) in [5, 5.41) is 0. The Balaban J connectivity index is 2.45. The molecule has 1 aliphatic carbocycles.